The van der Waals surface area contributed by atoms with Crippen molar-refractivity contribution >= 4 is 23.8 Å². The third-order valence-electron chi connectivity index (χ3n) is 3.66. The van der Waals surface area contributed by atoms with E-state index in [1.54, 1.807) is 0 Å². The van der Waals surface area contributed by atoms with Gasteiger partial charge in [0.2, 0.25) is 11.8 Å². The first-order chi connectivity index (χ1) is 12.6. The van der Waals surface area contributed by atoms with Crippen molar-refractivity contribution in [1.29, 1.82) is 0 Å². The highest BCUT2D eigenvalue weighted by Crippen LogP contribution is 2.07. The number of nitrogens with zero attached hydrogens (tertiary/aromatic N) is 1. The lowest BCUT2D eigenvalue weighted by Crippen LogP contribution is -2.55. The minimum atomic E-state index is -1.60. The third kappa shape index (κ3) is 7.86. The number of carboxylic acids is 2. The molecule has 0 saturated carbocycles. The second kappa shape index (κ2) is 10.3. The van der Waals surface area contributed by atoms with Crippen LogP contribution in [-0.2, 0) is 25.6 Å². The lowest BCUT2D eigenvalue weighted by molar-refractivity contribution is -0.147. The number of carboxylic acid groups (broad SMARTS) is 2. The van der Waals surface area contributed by atoms with Gasteiger partial charge in [-0.05, 0) is 12.3 Å². The molecule has 0 aromatic carbocycles. The number of H-pyrrole nitrogens is 1. The molecule has 3 atom stereocenters. The highest BCUT2D eigenvalue weighted by Gasteiger charge is 2.29. The minimum Gasteiger partial charge on any atom is -0.481 e. The molecular formula is C16H25N5O6. The molecule has 11 heteroatoms. The Morgan fingerprint density at radius 3 is 2.26 bits per heavy atom. The fourth-order valence-electron chi connectivity index (χ4n) is 2.35. The number of nitrogens with two attached hydrogens (primary N) is 1. The SMILES string of the molecule is CC(C)CC(NC(=O)C(N)Cc1cnc[nH]1)C(=O)NC(CC(=O)O)C(=O)O. The summed E-state index contributed by atoms with van der Waals surface area (Å²) in [5.74, 6) is -4.20. The first-order valence-electron chi connectivity index (χ1n) is 8.38. The average Bonchev–Trinajstić information content (AvgIpc) is 3.05. The van der Waals surface area contributed by atoms with Crippen molar-refractivity contribution in [3.8, 4) is 0 Å². The Morgan fingerprint density at radius 2 is 1.78 bits per heavy atom. The maximum atomic E-state index is 12.4. The Morgan fingerprint density at radius 1 is 1.15 bits per heavy atom. The normalized spacial score (nSPS) is 14.2. The molecule has 0 aliphatic heterocycles. The molecule has 0 spiro atoms. The van der Waals surface area contributed by atoms with Crippen LogP contribution in [-0.4, -0.2) is 62.1 Å². The van der Waals surface area contributed by atoms with Crippen LogP contribution in [0.15, 0.2) is 12.5 Å². The molecule has 2 amide bonds. The quantitative estimate of drug-likeness (QED) is 0.276. The maximum absolute atomic E-state index is 12.4. The van der Waals surface area contributed by atoms with Crippen molar-refractivity contribution in [2.24, 2.45) is 11.7 Å². The van der Waals surface area contributed by atoms with Crippen LogP contribution in [0.5, 0.6) is 0 Å². The number of hydrogen-bond acceptors (Lipinski definition) is 6. The number of aromatic nitrogens is 2. The Balaban J connectivity index is 2.77. The van der Waals surface area contributed by atoms with Crippen LogP contribution < -0.4 is 16.4 Å². The number of carbonyl (C=O) groups is 4. The van der Waals surface area contributed by atoms with E-state index in [-0.39, 0.29) is 18.8 Å². The Bertz CT molecular complexity index is 660. The van der Waals surface area contributed by atoms with E-state index < -0.39 is 48.3 Å². The van der Waals surface area contributed by atoms with Gasteiger partial charge in [-0.25, -0.2) is 9.78 Å². The standard InChI is InChI=1S/C16H25N5O6/c1-8(2)3-11(15(25)21-12(16(26)27)5-13(22)23)20-14(24)10(17)4-9-6-18-7-19-9/h6-8,10-12H,3-5,17H2,1-2H3,(H,18,19)(H,20,24)(H,21,25)(H,22,23)(H,26,27). The van der Waals surface area contributed by atoms with Crippen LogP contribution >= 0.6 is 0 Å². The van der Waals surface area contributed by atoms with Gasteiger partial charge < -0.3 is 31.6 Å². The fourth-order valence-corrected chi connectivity index (χ4v) is 2.35. The summed E-state index contributed by atoms with van der Waals surface area (Å²) in [6.45, 7) is 3.64. The van der Waals surface area contributed by atoms with Gasteiger partial charge in [-0.3, -0.25) is 14.4 Å². The van der Waals surface area contributed by atoms with Gasteiger partial charge in [0.1, 0.15) is 12.1 Å². The Hall–Kier alpha value is -2.95. The predicted octanol–water partition coefficient (Wildman–Crippen LogP) is -1.15. The monoisotopic (exact) mass is 383 g/mol. The van der Waals surface area contributed by atoms with Crippen LogP contribution in [0, 0.1) is 5.92 Å². The maximum Gasteiger partial charge on any atom is 0.326 e. The van der Waals surface area contributed by atoms with Crippen molar-refractivity contribution in [2.45, 2.75) is 51.2 Å². The zero-order valence-corrected chi connectivity index (χ0v) is 15.1. The molecule has 11 nitrogen and oxygen atoms in total. The Kier molecular flexibility index (Phi) is 8.39. The highest BCUT2D eigenvalue weighted by molar-refractivity contribution is 5.92. The summed E-state index contributed by atoms with van der Waals surface area (Å²) >= 11 is 0. The summed E-state index contributed by atoms with van der Waals surface area (Å²) in [6, 6.07) is -3.58. The number of nitrogens with one attached hydrogen (secondary N) is 3. The summed E-state index contributed by atoms with van der Waals surface area (Å²) in [7, 11) is 0. The molecule has 27 heavy (non-hydrogen) atoms. The Labute approximate surface area is 155 Å². The van der Waals surface area contributed by atoms with E-state index >= 15 is 0 Å². The van der Waals surface area contributed by atoms with Gasteiger partial charge in [0.25, 0.3) is 0 Å². The minimum absolute atomic E-state index is 0.00707. The number of amides is 2. The first kappa shape index (κ1) is 22.1. The van der Waals surface area contributed by atoms with E-state index in [9.17, 15) is 19.2 Å². The molecule has 0 saturated heterocycles. The molecule has 0 fully saturated rings. The van der Waals surface area contributed by atoms with Crippen molar-refractivity contribution < 1.29 is 29.4 Å². The number of aromatic amines is 1. The topological polar surface area (TPSA) is 187 Å². The fraction of sp³-hybridized carbons (Fsp3) is 0.562. The summed E-state index contributed by atoms with van der Waals surface area (Å²) in [6.07, 6.45) is 2.60. The van der Waals surface area contributed by atoms with E-state index in [1.807, 2.05) is 13.8 Å². The molecule has 3 unspecified atom stereocenters. The van der Waals surface area contributed by atoms with Crippen molar-refractivity contribution in [1.82, 2.24) is 20.6 Å². The number of rotatable bonds is 11. The lowest BCUT2D eigenvalue weighted by Gasteiger charge is -2.23. The lowest BCUT2D eigenvalue weighted by atomic mass is 10.0. The van der Waals surface area contributed by atoms with Gasteiger partial charge >= 0.3 is 11.9 Å². The summed E-state index contributed by atoms with van der Waals surface area (Å²) < 4.78 is 0. The van der Waals surface area contributed by atoms with Crippen molar-refractivity contribution in [2.75, 3.05) is 0 Å². The van der Waals surface area contributed by atoms with Gasteiger partial charge in [0.05, 0.1) is 18.8 Å². The highest BCUT2D eigenvalue weighted by atomic mass is 16.4. The molecule has 1 rings (SSSR count). The first-order valence-corrected chi connectivity index (χ1v) is 8.38. The second-order valence-electron chi connectivity index (χ2n) is 6.58. The van der Waals surface area contributed by atoms with Gasteiger partial charge in [-0.2, -0.15) is 0 Å². The van der Waals surface area contributed by atoms with Crippen LogP contribution in [0.2, 0.25) is 0 Å². The van der Waals surface area contributed by atoms with Crippen LogP contribution in [0.3, 0.4) is 0 Å². The van der Waals surface area contributed by atoms with E-state index in [1.165, 1.54) is 12.5 Å². The van der Waals surface area contributed by atoms with Crippen LogP contribution in [0.4, 0.5) is 0 Å². The smallest absolute Gasteiger partial charge is 0.326 e. The zero-order valence-electron chi connectivity index (χ0n) is 15.1. The summed E-state index contributed by atoms with van der Waals surface area (Å²) in [5.41, 5.74) is 6.49. The predicted molar refractivity (Wildman–Crippen MR) is 93.5 cm³/mol. The number of aliphatic carboxylic acids is 2. The number of carbonyl (C=O) groups excluding carboxylic acids is 2. The van der Waals surface area contributed by atoms with E-state index in [0.29, 0.717) is 5.69 Å². The molecular weight excluding hydrogens is 358 g/mol. The van der Waals surface area contributed by atoms with Gasteiger partial charge in [-0.15, -0.1) is 0 Å². The van der Waals surface area contributed by atoms with Crippen molar-refractivity contribution in [3.63, 3.8) is 0 Å². The number of imidazole rings is 1. The molecule has 7 N–H and O–H groups in total. The van der Waals surface area contributed by atoms with Crippen LogP contribution in [0.25, 0.3) is 0 Å². The van der Waals surface area contributed by atoms with Gasteiger partial charge in [0, 0.05) is 18.3 Å². The van der Waals surface area contributed by atoms with Crippen LogP contribution in [0.1, 0.15) is 32.4 Å². The average molecular weight is 383 g/mol. The van der Waals surface area contributed by atoms with E-state index in [2.05, 4.69) is 20.6 Å². The molecule has 1 aromatic heterocycles. The molecule has 0 bridgehead atoms. The summed E-state index contributed by atoms with van der Waals surface area (Å²) in [5, 5.41) is 22.5. The molecule has 150 valence electrons. The molecule has 0 aliphatic carbocycles. The second-order valence-corrected chi connectivity index (χ2v) is 6.58. The molecule has 0 aliphatic rings. The molecule has 0 radical (unpaired) electrons. The van der Waals surface area contributed by atoms with E-state index in [0.717, 1.165) is 0 Å². The third-order valence-corrected chi connectivity index (χ3v) is 3.66. The molecule has 1 aromatic rings. The van der Waals surface area contributed by atoms with Crippen molar-refractivity contribution in [3.05, 3.63) is 18.2 Å². The summed E-state index contributed by atoms with van der Waals surface area (Å²) in [4.78, 5) is 53.2. The van der Waals surface area contributed by atoms with Gasteiger partial charge in [0.15, 0.2) is 0 Å². The number of hydrogen-bond donors (Lipinski definition) is 6. The largest absolute Gasteiger partial charge is 0.481 e. The zero-order chi connectivity index (χ0) is 20.6. The van der Waals surface area contributed by atoms with E-state index in [4.69, 9.17) is 15.9 Å². The molecule has 1 heterocycles. The van der Waals surface area contributed by atoms with Gasteiger partial charge in [-0.1, -0.05) is 13.8 Å².